The summed E-state index contributed by atoms with van der Waals surface area (Å²) < 4.78 is 0. The van der Waals surface area contributed by atoms with Crippen molar-refractivity contribution in [1.82, 2.24) is 9.97 Å². The van der Waals surface area contributed by atoms with Gasteiger partial charge in [-0.2, -0.15) is 0 Å². The van der Waals surface area contributed by atoms with E-state index in [4.69, 9.17) is 21.6 Å². The lowest BCUT2D eigenvalue weighted by Crippen LogP contribution is -1.95. The van der Waals surface area contributed by atoms with Crippen LogP contribution in [-0.4, -0.2) is 9.97 Å². The van der Waals surface area contributed by atoms with Gasteiger partial charge >= 0.3 is 0 Å². The molecule has 148 valence electrons. The van der Waals surface area contributed by atoms with Gasteiger partial charge in [-0.25, -0.2) is 9.97 Å². The normalized spacial score (nSPS) is 10.7. The van der Waals surface area contributed by atoms with Crippen LogP contribution in [-0.2, 0) is 0 Å². The minimum Gasteiger partial charge on any atom is -0.228 e. The number of rotatable bonds is 4. The van der Waals surface area contributed by atoms with Crippen molar-refractivity contribution >= 4 is 11.6 Å². The van der Waals surface area contributed by atoms with Gasteiger partial charge < -0.3 is 0 Å². The van der Waals surface area contributed by atoms with E-state index in [-0.39, 0.29) is 0 Å². The minimum absolute atomic E-state index is 0.715. The van der Waals surface area contributed by atoms with Gasteiger partial charge in [0.1, 0.15) is 0 Å². The highest BCUT2D eigenvalue weighted by Crippen LogP contribution is 2.31. The Bertz CT molecular complexity index is 1260. The van der Waals surface area contributed by atoms with Crippen LogP contribution in [0.15, 0.2) is 115 Å². The van der Waals surface area contributed by atoms with Crippen molar-refractivity contribution in [3.05, 3.63) is 120 Å². The van der Waals surface area contributed by atoms with E-state index in [1.165, 1.54) is 0 Å². The smallest absolute Gasteiger partial charge is 0.160 e. The molecule has 3 heteroatoms. The molecule has 31 heavy (non-hydrogen) atoms. The third-order valence-corrected chi connectivity index (χ3v) is 5.52. The predicted molar refractivity (Wildman–Crippen MR) is 129 cm³/mol. The molecular weight excluding hydrogens is 400 g/mol. The van der Waals surface area contributed by atoms with Gasteiger partial charge in [-0.1, -0.05) is 115 Å². The van der Waals surface area contributed by atoms with E-state index in [0.29, 0.717) is 5.82 Å². The molecule has 0 aliphatic rings. The second-order valence-corrected chi connectivity index (χ2v) is 7.66. The van der Waals surface area contributed by atoms with E-state index in [9.17, 15) is 0 Å². The second kappa shape index (κ2) is 8.55. The lowest BCUT2D eigenvalue weighted by Gasteiger charge is -2.10. The van der Waals surface area contributed by atoms with Crippen molar-refractivity contribution in [2.24, 2.45) is 0 Å². The molecule has 5 rings (SSSR count). The van der Waals surface area contributed by atoms with Crippen molar-refractivity contribution in [3.8, 4) is 45.0 Å². The minimum atomic E-state index is 0.715. The van der Waals surface area contributed by atoms with Gasteiger partial charge in [-0.15, -0.1) is 0 Å². The van der Waals surface area contributed by atoms with Crippen molar-refractivity contribution < 1.29 is 0 Å². The predicted octanol–water partition coefficient (Wildman–Crippen LogP) is 7.80. The molecule has 0 saturated heterocycles. The van der Waals surface area contributed by atoms with Crippen LogP contribution in [0.2, 0.25) is 5.02 Å². The fourth-order valence-corrected chi connectivity index (χ4v) is 3.83. The molecule has 5 aromatic rings. The largest absolute Gasteiger partial charge is 0.228 e. The van der Waals surface area contributed by atoms with Gasteiger partial charge in [0, 0.05) is 27.3 Å². The molecule has 0 aliphatic carbocycles. The van der Waals surface area contributed by atoms with E-state index in [1.807, 2.05) is 78.9 Å². The number of halogens is 1. The lowest BCUT2D eigenvalue weighted by atomic mass is 10.0. The summed E-state index contributed by atoms with van der Waals surface area (Å²) in [5.74, 6) is 0.715. The summed E-state index contributed by atoms with van der Waals surface area (Å²) in [6.45, 7) is 0. The Kier molecular flexibility index (Phi) is 5.30. The van der Waals surface area contributed by atoms with Crippen molar-refractivity contribution in [1.29, 1.82) is 0 Å². The quantitative estimate of drug-likeness (QED) is 0.297. The van der Waals surface area contributed by atoms with Crippen molar-refractivity contribution in [2.45, 2.75) is 0 Å². The monoisotopic (exact) mass is 418 g/mol. The summed E-state index contributed by atoms with van der Waals surface area (Å²) in [5.41, 5.74) is 6.99. The van der Waals surface area contributed by atoms with Crippen LogP contribution < -0.4 is 0 Å². The highest BCUT2D eigenvalue weighted by atomic mass is 35.5. The van der Waals surface area contributed by atoms with Crippen LogP contribution in [0.1, 0.15) is 0 Å². The van der Waals surface area contributed by atoms with Gasteiger partial charge in [0.25, 0.3) is 0 Å². The summed E-state index contributed by atoms with van der Waals surface area (Å²) >= 11 is 6.37. The Morgan fingerprint density at radius 3 is 1.55 bits per heavy atom. The van der Waals surface area contributed by atoms with Gasteiger partial charge in [-0.05, 0) is 17.7 Å². The van der Waals surface area contributed by atoms with Gasteiger partial charge in [0.2, 0.25) is 0 Å². The SMILES string of the molecule is Clc1ccccc1-c1ccc(-c2cc(-c3ccccc3)nc(-c3ccccc3)n2)cc1. The van der Waals surface area contributed by atoms with Crippen LogP contribution >= 0.6 is 11.6 Å². The fraction of sp³-hybridized carbons (Fsp3) is 0. The molecule has 0 saturated carbocycles. The summed E-state index contributed by atoms with van der Waals surface area (Å²) in [4.78, 5) is 9.73. The van der Waals surface area contributed by atoms with Crippen molar-refractivity contribution in [3.63, 3.8) is 0 Å². The summed E-state index contributed by atoms with van der Waals surface area (Å²) in [6.07, 6.45) is 0. The van der Waals surface area contributed by atoms with E-state index >= 15 is 0 Å². The van der Waals surface area contributed by atoms with Crippen LogP contribution in [0.5, 0.6) is 0 Å². The zero-order chi connectivity index (χ0) is 21.0. The summed E-state index contributed by atoms with van der Waals surface area (Å²) in [6, 6.07) is 38.6. The molecule has 0 aliphatic heterocycles. The molecule has 0 amide bonds. The third-order valence-electron chi connectivity index (χ3n) is 5.19. The van der Waals surface area contributed by atoms with Crippen LogP contribution in [0.25, 0.3) is 45.0 Å². The lowest BCUT2D eigenvalue weighted by molar-refractivity contribution is 1.18. The molecule has 0 bridgehead atoms. The molecule has 0 unspecified atom stereocenters. The second-order valence-electron chi connectivity index (χ2n) is 7.25. The first-order valence-corrected chi connectivity index (χ1v) is 10.5. The van der Waals surface area contributed by atoms with E-state index in [1.54, 1.807) is 0 Å². The number of benzene rings is 4. The third kappa shape index (κ3) is 4.11. The average molecular weight is 419 g/mol. The molecule has 0 N–H and O–H groups in total. The summed E-state index contributed by atoms with van der Waals surface area (Å²) in [7, 11) is 0. The number of nitrogens with zero attached hydrogens (tertiary/aromatic N) is 2. The Morgan fingerprint density at radius 2 is 0.935 bits per heavy atom. The summed E-state index contributed by atoms with van der Waals surface area (Å²) in [5, 5.41) is 0.745. The molecule has 0 atom stereocenters. The van der Waals surface area contributed by atoms with Crippen LogP contribution in [0.4, 0.5) is 0 Å². The van der Waals surface area contributed by atoms with Gasteiger partial charge in [-0.3, -0.25) is 0 Å². The van der Waals surface area contributed by atoms with E-state index < -0.39 is 0 Å². The maximum absolute atomic E-state index is 6.37. The average Bonchev–Trinajstić information content (AvgIpc) is 2.85. The van der Waals surface area contributed by atoms with E-state index in [2.05, 4.69) is 36.4 Å². The first-order chi connectivity index (χ1) is 15.3. The Morgan fingerprint density at radius 1 is 0.452 bits per heavy atom. The number of aromatic nitrogens is 2. The van der Waals surface area contributed by atoms with Crippen LogP contribution in [0, 0.1) is 0 Å². The zero-order valence-electron chi connectivity index (χ0n) is 16.7. The highest BCUT2D eigenvalue weighted by molar-refractivity contribution is 6.33. The molecule has 4 aromatic carbocycles. The Labute approximate surface area is 186 Å². The molecule has 1 heterocycles. The fourth-order valence-electron chi connectivity index (χ4n) is 3.58. The first-order valence-electron chi connectivity index (χ1n) is 10.1. The zero-order valence-corrected chi connectivity index (χ0v) is 17.5. The van der Waals surface area contributed by atoms with E-state index in [0.717, 1.165) is 44.2 Å². The number of hydrogen-bond acceptors (Lipinski definition) is 2. The first kappa shape index (κ1) is 19.2. The highest BCUT2D eigenvalue weighted by Gasteiger charge is 2.11. The molecule has 2 nitrogen and oxygen atoms in total. The number of hydrogen-bond donors (Lipinski definition) is 0. The Hall–Kier alpha value is -3.75. The standard InChI is InChI=1S/C28H19ClN2/c29-25-14-8-7-13-24(25)20-15-17-22(18-16-20)27-19-26(21-9-3-1-4-10-21)30-28(31-27)23-11-5-2-6-12-23/h1-19H. The molecule has 1 aromatic heterocycles. The van der Waals surface area contributed by atoms with Crippen molar-refractivity contribution in [2.75, 3.05) is 0 Å². The molecule has 0 radical (unpaired) electrons. The Balaban J connectivity index is 1.61. The van der Waals surface area contributed by atoms with Gasteiger partial charge in [0.05, 0.1) is 11.4 Å². The van der Waals surface area contributed by atoms with Crippen LogP contribution in [0.3, 0.4) is 0 Å². The molecular formula is C28H19ClN2. The molecule has 0 fully saturated rings. The topological polar surface area (TPSA) is 25.8 Å². The van der Waals surface area contributed by atoms with Gasteiger partial charge in [0.15, 0.2) is 5.82 Å². The molecule has 0 spiro atoms. The maximum Gasteiger partial charge on any atom is 0.160 e. The maximum atomic E-state index is 6.37.